The Morgan fingerprint density at radius 3 is 2.77 bits per heavy atom. The molecule has 0 saturated heterocycles. The van der Waals surface area contributed by atoms with E-state index in [0.717, 1.165) is 27.4 Å². The minimum absolute atomic E-state index is 0.0624. The summed E-state index contributed by atoms with van der Waals surface area (Å²) in [5, 5.41) is 8.00. The number of anilines is 1. The third-order valence-electron chi connectivity index (χ3n) is 4.35. The summed E-state index contributed by atoms with van der Waals surface area (Å²) in [5.41, 5.74) is 3.94. The molecule has 1 N–H and O–H groups in total. The number of fused-ring (bicyclic) bond motifs is 3. The lowest BCUT2D eigenvalue weighted by Crippen LogP contribution is -2.32. The standard InChI is InChI=1S/C19H19N5OS/c1-3-23(15-10-6-4-8-13(15)2)17(25)12-26-19-22-21-18-20-14-9-5-7-11-16(14)24(18)19/h4-11H,3,12H2,1-2H3,(H,20,21). The van der Waals surface area contributed by atoms with Gasteiger partial charge in [0, 0.05) is 12.2 Å². The summed E-state index contributed by atoms with van der Waals surface area (Å²) in [5.74, 6) is 1.06. The van der Waals surface area contributed by atoms with Gasteiger partial charge in [0.2, 0.25) is 11.7 Å². The van der Waals surface area contributed by atoms with Gasteiger partial charge in [-0.05, 0) is 37.6 Å². The summed E-state index contributed by atoms with van der Waals surface area (Å²) >= 11 is 1.42. The van der Waals surface area contributed by atoms with Crippen molar-refractivity contribution in [3.05, 3.63) is 54.1 Å². The number of nitrogens with one attached hydrogen (secondary N) is 1. The molecule has 0 aliphatic rings. The number of hydrogen-bond donors (Lipinski definition) is 1. The molecular weight excluding hydrogens is 346 g/mol. The number of carbonyl (C=O) groups is 1. The van der Waals surface area contributed by atoms with Gasteiger partial charge in [0.25, 0.3) is 0 Å². The first-order valence-corrected chi connectivity index (χ1v) is 9.48. The molecule has 4 aromatic rings. The predicted molar refractivity (Wildman–Crippen MR) is 105 cm³/mol. The first-order valence-electron chi connectivity index (χ1n) is 8.49. The van der Waals surface area contributed by atoms with Gasteiger partial charge >= 0.3 is 0 Å². The Bertz CT molecular complexity index is 1080. The van der Waals surface area contributed by atoms with Crippen molar-refractivity contribution >= 4 is 40.2 Å². The highest BCUT2D eigenvalue weighted by atomic mass is 32.2. The zero-order chi connectivity index (χ0) is 18.1. The normalized spacial score (nSPS) is 11.3. The minimum Gasteiger partial charge on any atom is -0.312 e. The average molecular weight is 365 g/mol. The molecule has 0 bridgehead atoms. The number of carbonyl (C=O) groups excluding carboxylic acids is 1. The number of imidazole rings is 1. The van der Waals surface area contributed by atoms with Gasteiger partial charge in [-0.15, -0.1) is 5.10 Å². The molecule has 0 aliphatic carbocycles. The zero-order valence-corrected chi connectivity index (χ0v) is 15.5. The lowest BCUT2D eigenvalue weighted by atomic mass is 10.2. The van der Waals surface area contributed by atoms with Crippen molar-refractivity contribution in [3.8, 4) is 0 Å². The largest absolute Gasteiger partial charge is 0.312 e. The van der Waals surface area contributed by atoms with Gasteiger partial charge in [-0.25, -0.2) is 10.1 Å². The number of rotatable bonds is 5. The van der Waals surface area contributed by atoms with Crippen LogP contribution in [0.2, 0.25) is 0 Å². The number of hydrogen-bond acceptors (Lipinski definition) is 4. The number of thioether (sulfide) groups is 1. The fourth-order valence-electron chi connectivity index (χ4n) is 3.09. The van der Waals surface area contributed by atoms with Crippen LogP contribution in [0.15, 0.2) is 53.7 Å². The second kappa shape index (κ2) is 6.84. The Labute approximate surface area is 155 Å². The number of amides is 1. The molecule has 0 radical (unpaired) electrons. The van der Waals surface area contributed by atoms with Crippen molar-refractivity contribution in [2.45, 2.75) is 19.0 Å². The molecule has 0 unspecified atom stereocenters. The first kappa shape index (κ1) is 16.7. The third kappa shape index (κ3) is 2.84. The van der Waals surface area contributed by atoms with Crippen molar-refractivity contribution in [2.24, 2.45) is 0 Å². The van der Waals surface area contributed by atoms with E-state index in [4.69, 9.17) is 0 Å². The van der Waals surface area contributed by atoms with Crippen LogP contribution in [0.3, 0.4) is 0 Å². The van der Waals surface area contributed by atoms with E-state index in [0.29, 0.717) is 18.1 Å². The van der Waals surface area contributed by atoms with Crippen LogP contribution in [0.4, 0.5) is 5.69 Å². The van der Waals surface area contributed by atoms with Crippen molar-refractivity contribution in [3.63, 3.8) is 0 Å². The fraction of sp³-hybridized carbons (Fsp3) is 0.211. The van der Waals surface area contributed by atoms with Gasteiger partial charge in [-0.1, -0.05) is 42.1 Å². The highest BCUT2D eigenvalue weighted by Crippen LogP contribution is 2.25. The van der Waals surface area contributed by atoms with Crippen molar-refractivity contribution in [2.75, 3.05) is 17.2 Å². The summed E-state index contributed by atoms with van der Waals surface area (Å²) < 4.78 is 1.96. The molecule has 0 fully saturated rings. The van der Waals surface area contributed by atoms with Crippen LogP contribution >= 0.6 is 11.8 Å². The van der Waals surface area contributed by atoms with E-state index in [1.165, 1.54) is 11.8 Å². The molecule has 4 rings (SSSR count). The molecule has 0 saturated carbocycles. The second-order valence-corrected chi connectivity index (χ2v) is 6.92. The van der Waals surface area contributed by atoms with E-state index >= 15 is 0 Å². The van der Waals surface area contributed by atoms with Gasteiger partial charge in [0.05, 0.1) is 16.8 Å². The van der Waals surface area contributed by atoms with Crippen LogP contribution in [0.5, 0.6) is 0 Å². The van der Waals surface area contributed by atoms with E-state index in [-0.39, 0.29) is 5.91 Å². The lowest BCUT2D eigenvalue weighted by Gasteiger charge is -2.22. The summed E-state index contributed by atoms with van der Waals surface area (Å²) in [6.45, 7) is 4.65. The molecule has 2 aromatic carbocycles. The Hall–Kier alpha value is -2.80. The second-order valence-electron chi connectivity index (χ2n) is 5.98. The van der Waals surface area contributed by atoms with Crippen LogP contribution in [0.25, 0.3) is 16.8 Å². The maximum Gasteiger partial charge on any atom is 0.237 e. The lowest BCUT2D eigenvalue weighted by molar-refractivity contribution is -0.116. The summed E-state index contributed by atoms with van der Waals surface area (Å²) in [7, 11) is 0. The first-order chi connectivity index (χ1) is 12.7. The topological polar surface area (TPSA) is 66.3 Å². The van der Waals surface area contributed by atoms with Crippen LogP contribution in [-0.2, 0) is 4.79 Å². The molecule has 26 heavy (non-hydrogen) atoms. The maximum absolute atomic E-state index is 12.8. The molecule has 2 heterocycles. The fourth-order valence-corrected chi connectivity index (χ4v) is 3.92. The Balaban J connectivity index is 1.58. The molecule has 0 atom stereocenters. The van der Waals surface area contributed by atoms with Crippen LogP contribution in [0.1, 0.15) is 12.5 Å². The van der Waals surface area contributed by atoms with Crippen molar-refractivity contribution in [1.82, 2.24) is 19.6 Å². The number of nitrogens with zero attached hydrogens (tertiary/aromatic N) is 4. The zero-order valence-electron chi connectivity index (χ0n) is 14.6. The highest BCUT2D eigenvalue weighted by Gasteiger charge is 2.18. The molecule has 6 nitrogen and oxygen atoms in total. The summed E-state index contributed by atoms with van der Waals surface area (Å²) in [6.07, 6.45) is 0. The quantitative estimate of drug-likeness (QED) is 0.548. The van der Waals surface area contributed by atoms with E-state index in [9.17, 15) is 4.79 Å². The van der Waals surface area contributed by atoms with Gasteiger partial charge in [0.15, 0.2) is 5.16 Å². The summed E-state index contributed by atoms with van der Waals surface area (Å²) in [6, 6.07) is 15.8. The van der Waals surface area contributed by atoms with Gasteiger partial charge < -0.3 is 4.90 Å². The number of aromatic amines is 1. The molecule has 132 valence electrons. The molecule has 2 aromatic heterocycles. The Kier molecular flexibility index (Phi) is 4.38. The number of aromatic nitrogens is 4. The SMILES string of the molecule is CCN(C(=O)CSc1n[nH]c2nc3ccccc3n12)c1ccccc1C. The number of H-pyrrole nitrogens is 1. The minimum atomic E-state index is 0.0624. The molecule has 7 heteroatoms. The van der Waals surface area contributed by atoms with Crippen LogP contribution in [-0.4, -0.2) is 37.8 Å². The van der Waals surface area contributed by atoms with E-state index in [1.54, 1.807) is 0 Å². The molecule has 1 amide bonds. The highest BCUT2D eigenvalue weighted by molar-refractivity contribution is 7.99. The molecular formula is C19H19N5OS. The smallest absolute Gasteiger partial charge is 0.237 e. The number of benzene rings is 2. The molecule has 0 spiro atoms. The van der Waals surface area contributed by atoms with Crippen LogP contribution < -0.4 is 4.90 Å². The van der Waals surface area contributed by atoms with Crippen molar-refractivity contribution < 1.29 is 4.79 Å². The van der Waals surface area contributed by atoms with E-state index in [1.807, 2.05) is 71.7 Å². The Morgan fingerprint density at radius 2 is 1.96 bits per heavy atom. The van der Waals surface area contributed by atoms with E-state index < -0.39 is 0 Å². The number of para-hydroxylation sites is 3. The van der Waals surface area contributed by atoms with Crippen molar-refractivity contribution in [1.29, 1.82) is 0 Å². The van der Waals surface area contributed by atoms with E-state index in [2.05, 4.69) is 15.2 Å². The van der Waals surface area contributed by atoms with Gasteiger partial charge in [-0.3, -0.25) is 9.20 Å². The predicted octanol–water partition coefficient (Wildman–Crippen LogP) is 3.66. The maximum atomic E-state index is 12.8. The van der Waals surface area contributed by atoms with Crippen LogP contribution in [0, 0.1) is 6.92 Å². The van der Waals surface area contributed by atoms with Gasteiger partial charge in [-0.2, -0.15) is 0 Å². The molecule has 0 aliphatic heterocycles. The monoisotopic (exact) mass is 365 g/mol. The Morgan fingerprint density at radius 1 is 1.19 bits per heavy atom. The average Bonchev–Trinajstić information content (AvgIpc) is 3.21. The van der Waals surface area contributed by atoms with Gasteiger partial charge in [0.1, 0.15) is 0 Å². The third-order valence-corrected chi connectivity index (χ3v) is 5.28. The number of aryl methyl sites for hydroxylation is 1. The summed E-state index contributed by atoms with van der Waals surface area (Å²) in [4.78, 5) is 19.1.